The molecule has 0 bridgehead atoms. The summed E-state index contributed by atoms with van der Waals surface area (Å²) in [6, 6.07) is 17.0. The maximum absolute atomic E-state index is 12.6. The Morgan fingerprint density at radius 1 is 1.06 bits per heavy atom. The van der Waals surface area contributed by atoms with Gasteiger partial charge in [0.05, 0.1) is 23.2 Å². The smallest absolute Gasteiger partial charge is 0.343 e. The third-order valence-electron chi connectivity index (χ3n) is 4.81. The fraction of sp³-hybridized carbons (Fsp3) is 0.0400. The number of allylic oxidation sites excluding steroid dienone is 3. The number of non-ortho nitro benzene ring substituents is 1. The normalized spacial score (nSPS) is 13.6. The van der Waals surface area contributed by atoms with Crippen LogP contribution in [0.4, 0.5) is 5.69 Å². The molecule has 33 heavy (non-hydrogen) atoms. The Kier molecular flexibility index (Phi) is 5.99. The van der Waals surface area contributed by atoms with Crippen molar-refractivity contribution in [3.05, 3.63) is 111 Å². The molecule has 8 heteroatoms. The van der Waals surface area contributed by atoms with Gasteiger partial charge in [-0.25, -0.2) is 4.79 Å². The summed E-state index contributed by atoms with van der Waals surface area (Å²) in [6.07, 6.45) is 5.02. The third kappa shape index (κ3) is 4.64. The number of carbonyl (C=O) groups is 2. The highest BCUT2D eigenvalue weighted by atomic mass is 16.6. The van der Waals surface area contributed by atoms with E-state index in [1.165, 1.54) is 36.4 Å². The zero-order chi connectivity index (χ0) is 23.4. The average molecular weight is 443 g/mol. The summed E-state index contributed by atoms with van der Waals surface area (Å²) in [5.41, 5.74) is 0.990. The van der Waals surface area contributed by atoms with Crippen LogP contribution < -0.4 is 14.2 Å². The molecule has 164 valence electrons. The number of ether oxygens (including phenoxy) is 3. The first-order valence-corrected chi connectivity index (χ1v) is 9.81. The molecule has 0 saturated heterocycles. The molecule has 0 radical (unpaired) electrons. The number of rotatable bonds is 6. The number of carbonyl (C=O) groups excluding carboxylic acids is 2. The summed E-state index contributed by atoms with van der Waals surface area (Å²) in [5.74, 6) is 0.150. The van der Waals surface area contributed by atoms with Crippen molar-refractivity contribution in [2.45, 2.75) is 0 Å². The van der Waals surface area contributed by atoms with Crippen LogP contribution in [0.15, 0.2) is 84.6 Å². The summed E-state index contributed by atoms with van der Waals surface area (Å²) in [7, 11) is 1.58. The molecule has 4 rings (SSSR count). The van der Waals surface area contributed by atoms with E-state index in [-0.39, 0.29) is 34.3 Å². The van der Waals surface area contributed by atoms with Crippen LogP contribution in [-0.2, 0) is 0 Å². The van der Waals surface area contributed by atoms with E-state index in [1.54, 1.807) is 25.3 Å². The minimum absolute atomic E-state index is 0.0313. The number of para-hydroxylation sites is 1. The zero-order valence-electron chi connectivity index (χ0n) is 17.4. The number of ketones is 1. The first-order valence-electron chi connectivity index (χ1n) is 9.81. The Hall–Kier alpha value is -4.72. The van der Waals surface area contributed by atoms with Gasteiger partial charge in [0, 0.05) is 23.8 Å². The Balaban J connectivity index is 1.49. The number of Topliss-reactive ketones (excluding diaryl/α,β-unsaturated/α-hetero) is 1. The van der Waals surface area contributed by atoms with Crippen LogP contribution in [0.2, 0.25) is 0 Å². The molecule has 0 aliphatic carbocycles. The van der Waals surface area contributed by atoms with Gasteiger partial charge in [0.2, 0.25) is 5.78 Å². The van der Waals surface area contributed by atoms with Gasteiger partial charge in [-0.05, 0) is 30.3 Å². The number of esters is 1. The van der Waals surface area contributed by atoms with Gasteiger partial charge >= 0.3 is 5.97 Å². The molecule has 0 aromatic heterocycles. The minimum atomic E-state index is -0.765. The van der Waals surface area contributed by atoms with Gasteiger partial charge < -0.3 is 14.2 Å². The van der Waals surface area contributed by atoms with Gasteiger partial charge in [-0.1, -0.05) is 36.4 Å². The van der Waals surface area contributed by atoms with Crippen LogP contribution in [0.1, 0.15) is 26.3 Å². The van der Waals surface area contributed by atoms with Gasteiger partial charge in [0.25, 0.3) is 5.69 Å². The molecule has 1 aliphatic heterocycles. The number of fused-ring (bicyclic) bond motifs is 1. The Morgan fingerprint density at radius 2 is 1.88 bits per heavy atom. The molecule has 1 heterocycles. The van der Waals surface area contributed by atoms with Gasteiger partial charge in [-0.3, -0.25) is 14.9 Å². The molecule has 0 amide bonds. The van der Waals surface area contributed by atoms with Crippen LogP contribution in [-0.4, -0.2) is 23.8 Å². The molecule has 0 atom stereocenters. The standard InChI is InChI=1S/C25H17NO7/c1-31-21-10-3-2-6-16(21)7-5-11-22-24(27)20-13-12-19(15-23(20)33-22)32-25(28)17-8-4-9-18(14-17)26(29)30/h2-15H,1H3. The van der Waals surface area contributed by atoms with E-state index < -0.39 is 10.9 Å². The molecule has 8 nitrogen and oxygen atoms in total. The molecule has 0 spiro atoms. The average Bonchev–Trinajstić information content (AvgIpc) is 3.14. The highest BCUT2D eigenvalue weighted by Gasteiger charge is 2.27. The Labute approximate surface area is 188 Å². The van der Waals surface area contributed by atoms with E-state index in [0.717, 1.165) is 11.6 Å². The van der Waals surface area contributed by atoms with E-state index in [1.807, 2.05) is 24.3 Å². The molecule has 0 N–H and O–H groups in total. The van der Waals surface area contributed by atoms with Crippen LogP contribution in [0.5, 0.6) is 17.2 Å². The molecule has 0 fully saturated rings. The van der Waals surface area contributed by atoms with Crippen LogP contribution in [0.25, 0.3) is 6.08 Å². The van der Waals surface area contributed by atoms with E-state index >= 15 is 0 Å². The molecular weight excluding hydrogens is 426 g/mol. The highest BCUT2D eigenvalue weighted by molar-refractivity contribution is 6.12. The molecule has 1 aliphatic rings. The first-order chi connectivity index (χ1) is 16.0. The van der Waals surface area contributed by atoms with Crippen LogP contribution in [0.3, 0.4) is 0 Å². The number of hydrogen-bond donors (Lipinski definition) is 0. The molecular formula is C25H17NO7. The van der Waals surface area contributed by atoms with Crippen molar-refractivity contribution in [3.63, 3.8) is 0 Å². The maximum Gasteiger partial charge on any atom is 0.343 e. The monoisotopic (exact) mass is 443 g/mol. The quantitative estimate of drug-likeness (QED) is 0.174. The number of nitro groups is 1. The summed E-state index contributed by atoms with van der Waals surface area (Å²) >= 11 is 0. The summed E-state index contributed by atoms with van der Waals surface area (Å²) in [6.45, 7) is 0. The second-order valence-electron chi connectivity index (χ2n) is 6.92. The zero-order valence-corrected chi connectivity index (χ0v) is 17.4. The van der Waals surface area contributed by atoms with E-state index in [4.69, 9.17) is 14.2 Å². The van der Waals surface area contributed by atoms with Crippen molar-refractivity contribution >= 4 is 23.5 Å². The lowest BCUT2D eigenvalue weighted by molar-refractivity contribution is -0.384. The SMILES string of the molecule is COc1ccccc1C=CC=C1Oc2cc(OC(=O)c3cccc([N+](=O)[O-])c3)ccc2C1=O. The van der Waals surface area contributed by atoms with Gasteiger partial charge in [-0.15, -0.1) is 0 Å². The van der Waals surface area contributed by atoms with Crippen molar-refractivity contribution in [2.75, 3.05) is 7.11 Å². The fourth-order valence-electron chi connectivity index (χ4n) is 3.20. The third-order valence-corrected chi connectivity index (χ3v) is 4.81. The Bertz CT molecular complexity index is 1320. The van der Waals surface area contributed by atoms with Gasteiger partial charge in [0.15, 0.2) is 5.76 Å². The lowest BCUT2D eigenvalue weighted by Gasteiger charge is -2.05. The Morgan fingerprint density at radius 3 is 2.67 bits per heavy atom. The number of benzene rings is 3. The summed E-state index contributed by atoms with van der Waals surface area (Å²) < 4.78 is 16.2. The van der Waals surface area contributed by atoms with Crippen molar-refractivity contribution in [3.8, 4) is 17.2 Å². The molecule has 3 aromatic rings. The van der Waals surface area contributed by atoms with Crippen molar-refractivity contribution in [1.82, 2.24) is 0 Å². The summed E-state index contributed by atoms with van der Waals surface area (Å²) in [5, 5.41) is 10.9. The minimum Gasteiger partial charge on any atom is -0.496 e. The van der Waals surface area contributed by atoms with Crippen molar-refractivity contribution in [2.24, 2.45) is 0 Å². The van der Waals surface area contributed by atoms with Crippen LogP contribution in [0, 0.1) is 10.1 Å². The van der Waals surface area contributed by atoms with E-state index in [9.17, 15) is 19.7 Å². The molecule has 0 unspecified atom stereocenters. The number of hydrogen-bond acceptors (Lipinski definition) is 7. The van der Waals surface area contributed by atoms with Crippen molar-refractivity contribution in [1.29, 1.82) is 0 Å². The second kappa shape index (κ2) is 9.19. The number of nitrogens with zero attached hydrogens (tertiary/aromatic N) is 1. The van der Waals surface area contributed by atoms with Gasteiger partial charge in [0.1, 0.15) is 17.2 Å². The molecule has 0 saturated carbocycles. The van der Waals surface area contributed by atoms with Crippen molar-refractivity contribution < 1.29 is 28.7 Å². The lowest BCUT2D eigenvalue weighted by Crippen LogP contribution is -2.08. The second-order valence-corrected chi connectivity index (χ2v) is 6.92. The lowest BCUT2D eigenvalue weighted by atomic mass is 10.1. The molecule has 3 aromatic carbocycles. The largest absolute Gasteiger partial charge is 0.496 e. The van der Waals surface area contributed by atoms with Crippen LogP contribution >= 0.6 is 0 Å². The summed E-state index contributed by atoms with van der Waals surface area (Å²) in [4.78, 5) is 35.3. The number of nitro benzene ring substituents is 1. The predicted molar refractivity (Wildman–Crippen MR) is 120 cm³/mol. The van der Waals surface area contributed by atoms with E-state index in [2.05, 4.69) is 0 Å². The predicted octanol–water partition coefficient (Wildman–Crippen LogP) is 5.00. The number of methoxy groups -OCH3 is 1. The first kappa shape index (κ1) is 21.5. The van der Waals surface area contributed by atoms with E-state index in [0.29, 0.717) is 11.3 Å². The topological polar surface area (TPSA) is 105 Å². The highest BCUT2D eigenvalue weighted by Crippen LogP contribution is 2.34. The fourth-order valence-corrected chi connectivity index (χ4v) is 3.20. The maximum atomic E-state index is 12.6. The van der Waals surface area contributed by atoms with Gasteiger partial charge in [-0.2, -0.15) is 0 Å².